The van der Waals surface area contributed by atoms with Gasteiger partial charge in [-0.25, -0.2) is 0 Å². The largest absolute Gasteiger partial charge is 0.545 e. The van der Waals surface area contributed by atoms with Crippen LogP contribution in [0.5, 0.6) is 0 Å². The van der Waals surface area contributed by atoms with Gasteiger partial charge in [-0.2, -0.15) is 27.7 Å². The van der Waals surface area contributed by atoms with Crippen molar-refractivity contribution in [2.75, 3.05) is 0 Å². The molecule has 0 bridgehead atoms. The van der Waals surface area contributed by atoms with Gasteiger partial charge < -0.3 is 16.6 Å². The van der Waals surface area contributed by atoms with Crippen molar-refractivity contribution >= 4 is 6.79 Å². The Kier molecular flexibility index (Phi) is 135. The van der Waals surface area contributed by atoms with Gasteiger partial charge in [-0.1, -0.05) is 44.6 Å². The quantitative estimate of drug-likeness (QED) is 0.349. The summed E-state index contributed by atoms with van der Waals surface area (Å²) < 4.78 is 0. The predicted molar refractivity (Wildman–Crippen MR) is 90.1 cm³/mol. The summed E-state index contributed by atoms with van der Waals surface area (Å²) in [5.41, 5.74) is 0.333. The summed E-state index contributed by atoms with van der Waals surface area (Å²) in [6, 6.07) is 0. The maximum atomic E-state index is 7.75. The second-order valence-electron chi connectivity index (χ2n) is 3.62. The molecule has 0 aliphatic heterocycles. The van der Waals surface area contributed by atoms with Crippen LogP contribution in [-0.2, 0) is 70.2 Å². The smallest absolute Gasteiger partial charge is 0 e. The third kappa shape index (κ3) is 33.0. The van der Waals surface area contributed by atoms with Crippen molar-refractivity contribution in [1.82, 2.24) is 0 Å². The third-order valence-electron chi connectivity index (χ3n) is 2.50. The molecule has 0 spiro atoms. The van der Waals surface area contributed by atoms with Gasteiger partial charge in [0.25, 0.3) is 0 Å². The van der Waals surface area contributed by atoms with Crippen molar-refractivity contribution in [3.63, 3.8) is 0 Å². The van der Waals surface area contributed by atoms with E-state index in [-0.39, 0.29) is 110 Å². The van der Waals surface area contributed by atoms with Crippen LogP contribution in [-0.4, -0.2) is 6.79 Å². The van der Waals surface area contributed by atoms with E-state index in [1.165, 1.54) is 11.8 Å². The zero-order chi connectivity index (χ0) is 9.65. The van der Waals surface area contributed by atoms with Gasteiger partial charge >= 0.3 is 0 Å². The van der Waals surface area contributed by atoms with Crippen molar-refractivity contribution < 1.29 is 70.2 Å². The zero-order valence-electron chi connectivity index (χ0n) is 9.64. The molecule has 0 aromatic rings. The number of carbonyl (C=O) groups excluding carboxylic acids is 1. The van der Waals surface area contributed by atoms with Gasteiger partial charge in [0.1, 0.15) is 0 Å². The first-order valence-corrected chi connectivity index (χ1v) is 3.74. The van der Waals surface area contributed by atoms with Crippen LogP contribution in [0.1, 0.15) is 86.1 Å². The van der Waals surface area contributed by atoms with E-state index in [9.17, 15) is 0 Å². The van der Waals surface area contributed by atoms with Gasteiger partial charge in [-0.15, -0.1) is 13.8 Å². The molecule has 0 aromatic heterocycles. The molecule has 0 N–H and O–H groups in total. The molecule has 0 aliphatic carbocycles. The minimum atomic E-state index is 0. The molecule has 0 fully saturated rings. The van der Waals surface area contributed by atoms with Gasteiger partial charge in [0.15, 0.2) is 0 Å². The molecule has 0 saturated carbocycles. The summed E-state index contributed by atoms with van der Waals surface area (Å²) in [6.45, 7) is 16.5. The summed E-state index contributed by atoms with van der Waals surface area (Å²) >= 11 is 0. The van der Waals surface area contributed by atoms with E-state index in [0.717, 1.165) is 0 Å². The van der Waals surface area contributed by atoms with Crippen LogP contribution < -0.4 is 0 Å². The normalized spacial score (nSPS) is 6.53. The second kappa shape index (κ2) is 36.8. The van der Waals surface area contributed by atoms with Crippen molar-refractivity contribution in [2.24, 2.45) is 5.41 Å². The van der Waals surface area contributed by atoms with Crippen LogP contribution in [0.3, 0.4) is 0 Å². The van der Waals surface area contributed by atoms with E-state index in [4.69, 9.17) is 4.79 Å². The molecule has 0 rings (SSSR count). The first-order chi connectivity index (χ1) is 4.89. The van der Waals surface area contributed by atoms with E-state index < -0.39 is 0 Å². The van der Waals surface area contributed by atoms with E-state index in [1.54, 1.807) is 0 Å². The first-order valence-electron chi connectivity index (χ1n) is 3.74. The molecule has 3 heteroatoms. The molecule has 0 heterocycles. The number of hydrogen-bond donors (Lipinski definition) is 0. The Morgan fingerprint density at radius 1 is 0.632 bits per heavy atom. The van der Waals surface area contributed by atoms with Crippen LogP contribution in [0.15, 0.2) is 0 Å². The molecule has 0 saturated heterocycles. The Labute approximate surface area is 178 Å². The minimum Gasteiger partial charge on any atom is -0.545 e. The van der Waals surface area contributed by atoms with Crippen molar-refractivity contribution in [3.8, 4) is 0 Å². The van der Waals surface area contributed by atoms with E-state index >= 15 is 0 Å². The van der Waals surface area contributed by atoms with E-state index in [0.29, 0.717) is 5.41 Å². The first kappa shape index (κ1) is 69.7. The molecule has 0 unspecified atom stereocenters. The molecular formula is C16H43OY2-3. The van der Waals surface area contributed by atoms with Gasteiger partial charge in [0.2, 0.25) is 0 Å². The third-order valence-corrected chi connectivity index (χ3v) is 2.50. The van der Waals surface area contributed by atoms with Gasteiger partial charge in [-0.3, -0.25) is 12.2 Å². The number of hydrogen-bond acceptors (Lipinski definition) is 1. The Morgan fingerprint density at radius 3 is 0.737 bits per heavy atom. The van der Waals surface area contributed by atoms with Crippen LogP contribution in [0.4, 0.5) is 0 Å². The van der Waals surface area contributed by atoms with Gasteiger partial charge in [0.05, 0.1) is 0 Å². The molecule has 2 radical (unpaired) electrons. The Hall–Kier alpha value is 1.88. The van der Waals surface area contributed by atoms with Crippen molar-refractivity contribution in [3.05, 3.63) is 11.8 Å². The molecule has 19 heavy (non-hydrogen) atoms. The minimum absolute atomic E-state index is 0. The average Bonchev–Trinajstić information content (AvgIpc) is 1.91. The molecular weight excluding hydrogens is 386 g/mol. The Bertz CT molecular complexity index is 92.9. The van der Waals surface area contributed by atoms with Crippen LogP contribution >= 0.6 is 0 Å². The van der Waals surface area contributed by atoms with E-state index in [2.05, 4.69) is 48.3 Å². The van der Waals surface area contributed by atoms with Crippen molar-refractivity contribution in [1.29, 1.82) is 0 Å². The SMILES string of the molecule is C.C.C.C.C.C.C[C-](C)C(C)(C)[C-](C)C.[CH-]=O.[Y].[Y]. The Balaban J connectivity index is -0.00000000966. The average molecular weight is 429 g/mol. The molecule has 1 nitrogen and oxygen atoms in total. The Morgan fingerprint density at radius 2 is 0.737 bits per heavy atom. The summed E-state index contributed by atoms with van der Waals surface area (Å²) in [4.78, 5) is 7.75. The molecule has 0 aromatic carbocycles. The maximum Gasteiger partial charge on any atom is 0 e. The summed E-state index contributed by atoms with van der Waals surface area (Å²) in [7, 11) is 0. The standard InChI is InChI=1S/C9H18.CHO.6CH4.2Y/c1-7(2)9(5,6)8(3)4;1-2;;;;;;;;/h1-6H3;1H;6*1H4;;/q-2;-1;;;;;;;;. The maximum absolute atomic E-state index is 7.75. The topological polar surface area (TPSA) is 17.1 Å². The second-order valence-corrected chi connectivity index (χ2v) is 3.62. The summed E-state index contributed by atoms with van der Waals surface area (Å²) in [5.74, 6) is 2.98. The molecule has 0 atom stereocenters. The summed E-state index contributed by atoms with van der Waals surface area (Å²) in [6.07, 6.45) is 0. The molecule has 0 aliphatic rings. The zero-order valence-corrected chi connectivity index (χ0v) is 15.3. The van der Waals surface area contributed by atoms with Gasteiger partial charge in [-0.05, 0) is 0 Å². The monoisotopic (exact) mass is 429 g/mol. The van der Waals surface area contributed by atoms with Crippen molar-refractivity contribution in [2.45, 2.75) is 86.1 Å². The fourth-order valence-electron chi connectivity index (χ4n) is 0.500. The van der Waals surface area contributed by atoms with Crippen LogP contribution in [0, 0.1) is 17.3 Å². The predicted octanol–water partition coefficient (Wildman–Crippen LogP) is 6.78. The van der Waals surface area contributed by atoms with Crippen LogP contribution in [0.2, 0.25) is 0 Å². The molecule has 122 valence electrons. The van der Waals surface area contributed by atoms with Crippen LogP contribution in [0.25, 0.3) is 0 Å². The fraction of sp³-hybridized carbons (Fsp3) is 0.812. The summed E-state index contributed by atoms with van der Waals surface area (Å²) in [5, 5.41) is 0. The molecule has 0 amide bonds. The van der Waals surface area contributed by atoms with Gasteiger partial charge in [0, 0.05) is 65.4 Å². The fourth-order valence-corrected chi connectivity index (χ4v) is 0.500. The van der Waals surface area contributed by atoms with E-state index in [1.807, 2.05) is 0 Å². The number of rotatable bonds is 2.